The molecule has 0 saturated carbocycles. The molecule has 0 aromatic heterocycles. The van der Waals surface area contributed by atoms with Crippen LogP contribution in [0.15, 0.2) is 0 Å². The van der Waals surface area contributed by atoms with E-state index in [-0.39, 0.29) is 39.6 Å². The van der Waals surface area contributed by atoms with Crippen LogP contribution in [0.3, 0.4) is 0 Å². The van der Waals surface area contributed by atoms with E-state index in [2.05, 4.69) is 0 Å². The molecule has 2 heterocycles. The van der Waals surface area contributed by atoms with Crippen molar-refractivity contribution in [2.24, 2.45) is 11.8 Å². The molecule has 2 saturated heterocycles. The maximum atomic E-state index is 10.4. The molecule has 11 heteroatoms. The van der Waals surface area contributed by atoms with Crippen molar-refractivity contribution < 1.29 is 54.3 Å². The lowest BCUT2D eigenvalue weighted by molar-refractivity contribution is -0.242. The largest absolute Gasteiger partial charge is 0.394 e. The number of rotatable bonds is 10. The first kappa shape index (κ1) is 24.8. The Bertz CT molecular complexity index is 463. The van der Waals surface area contributed by atoms with Crippen molar-refractivity contribution in [1.82, 2.24) is 0 Å². The molecule has 0 aromatic carbocycles. The van der Waals surface area contributed by atoms with Gasteiger partial charge in [-0.1, -0.05) is 0 Å². The summed E-state index contributed by atoms with van der Waals surface area (Å²) in [4.78, 5) is 0. The van der Waals surface area contributed by atoms with Gasteiger partial charge in [0.15, 0.2) is 0 Å². The molecule has 0 aliphatic carbocycles. The van der Waals surface area contributed by atoms with Crippen LogP contribution in [0.1, 0.15) is 0 Å². The molecule has 10 unspecified atom stereocenters. The first-order valence-corrected chi connectivity index (χ1v) is 9.70. The van der Waals surface area contributed by atoms with E-state index in [1.165, 1.54) is 14.2 Å². The van der Waals surface area contributed by atoms with Gasteiger partial charge in [0.2, 0.25) is 0 Å². The molecular formula is C18H34O11. The number of ether oxygens (including phenoxy) is 5. The first-order valence-electron chi connectivity index (χ1n) is 9.70. The second-order valence-corrected chi connectivity index (χ2v) is 7.53. The lowest BCUT2D eigenvalue weighted by Gasteiger charge is -2.43. The molecule has 11 nitrogen and oxygen atoms in total. The van der Waals surface area contributed by atoms with Crippen LogP contribution >= 0.6 is 0 Å². The maximum Gasteiger partial charge on any atom is 0.110 e. The molecule has 0 amide bonds. The quantitative estimate of drug-likeness (QED) is 0.205. The Labute approximate surface area is 169 Å². The fourth-order valence-corrected chi connectivity index (χ4v) is 3.92. The third-order valence-corrected chi connectivity index (χ3v) is 5.64. The van der Waals surface area contributed by atoms with Crippen LogP contribution < -0.4 is 0 Å². The number of methoxy groups -OCH3 is 2. The van der Waals surface area contributed by atoms with E-state index in [1.54, 1.807) is 0 Å². The lowest BCUT2D eigenvalue weighted by atomic mass is 9.87. The third kappa shape index (κ3) is 5.83. The molecule has 0 aromatic rings. The first-order chi connectivity index (χ1) is 13.9. The van der Waals surface area contributed by atoms with Crippen molar-refractivity contribution in [1.29, 1.82) is 0 Å². The summed E-state index contributed by atoms with van der Waals surface area (Å²) in [6.07, 6.45) is -8.02. The van der Waals surface area contributed by atoms with Crippen LogP contribution in [0.4, 0.5) is 0 Å². The number of hydrogen-bond donors (Lipinski definition) is 6. The Hall–Kier alpha value is -0.440. The van der Waals surface area contributed by atoms with Crippen LogP contribution in [0.2, 0.25) is 0 Å². The van der Waals surface area contributed by atoms with Gasteiger partial charge in [-0.3, -0.25) is 0 Å². The molecule has 0 spiro atoms. The molecule has 2 rings (SSSR count). The van der Waals surface area contributed by atoms with Crippen LogP contribution in [0, 0.1) is 11.8 Å². The van der Waals surface area contributed by atoms with Gasteiger partial charge < -0.3 is 54.3 Å². The minimum absolute atomic E-state index is 0.0630. The summed E-state index contributed by atoms with van der Waals surface area (Å²) in [5.41, 5.74) is 0. The molecular weight excluding hydrogens is 392 g/mol. The van der Waals surface area contributed by atoms with Gasteiger partial charge in [0, 0.05) is 26.1 Å². The van der Waals surface area contributed by atoms with E-state index in [0.717, 1.165) is 0 Å². The normalized spacial score (nSPS) is 43.4. The van der Waals surface area contributed by atoms with Gasteiger partial charge in [-0.25, -0.2) is 0 Å². The minimum atomic E-state index is -1.25. The zero-order chi connectivity index (χ0) is 21.6. The van der Waals surface area contributed by atoms with Gasteiger partial charge in [-0.05, 0) is 0 Å². The predicted molar refractivity (Wildman–Crippen MR) is 97.1 cm³/mol. The summed E-state index contributed by atoms with van der Waals surface area (Å²) in [6.45, 7) is -0.785. The highest BCUT2D eigenvalue weighted by molar-refractivity contribution is 4.93. The SMILES string of the molecule is COCC1OC(CO)C(COCC2OC(CO)C(COC)C(O)C2O)C(O)C1O. The van der Waals surface area contributed by atoms with Crippen LogP contribution in [-0.4, -0.2) is 133 Å². The summed E-state index contributed by atoms with van der Waals surface area (Å²) in [5.74, 6) is -1.31. The number of hydrogen-bond acceptors (Lipinski definition) is 11. The highest BCUT2D eigenvalue weighted by atomic mass is 16.6. The minimum Gasteiger partial charge on any atom is -0.394 e. The average molecular weight is 426 g/mol. The Morgan fingerprint density at radius 3 is 1.48 bits per heavy atom. The van der Waals surface area contributed by atoms with Crippen molar-refractivity contribution in [2.45, 2.75) is 48.8 Å². The Morgan fingerprint density at radius 2 is 1.03 bits per heavy atom. The van der Waals surface area contributed by atoms with Crippen molar-refractivity contribution in [3.05, 3.63) is 0 Å². The van der Waals surface area contributed by atoms with Crippen molar-refractivity contribution >= 4 is 0 Å². The van der Waals surface area contributed by atoms with E-state index < -0.39 is 60.7 Å². The highest BCUT2D eigenvalue weighted by Crippen LogP contribution is 2.29. The molecule has 172 valence electrons. The number of aliphatic hydroxyl groups excluding tert-OH is 6. The van der Waals surface area contributed by atoms with Crippen molar-refractivity contribution in [2.75, 3.05) is 53.9 Å². The molecule has 29 heavy (non-hydrogen) atoms. The average Bonchev–Trinajstić information content (AvgIpc) is 2.72. The topological polar surface area (TPSA) is 168 Å². The standard InChI is InChI=1S/C18H34O11/c1-25-5-9-11(3-19)29-14(18(24)15(9)21)8-27-6-10-12(4-20)28-13(7-26-2)17(23)16(10)22/h9-24H,3-8H2,1-2H3. The third-order valence-electron chi connectivity index (χ3n) is 5.64. The Balaban J connectivity index is 1.92. The van der Waals surface area contributed by atoms with Crippen molar-refractivity contribution in [3.8, 4) is 0 Å². The van der Waals surface area contributed by atoms with Gasteiger partial charge in [0.25, 0.3) is 0 Å². The Kier molecular flexibility index (Phi) is 10.1. The highest BCUT2D eigenvalue weighted by Gasteiger charge is 2.46. The second kappa shape index (κ2) is 11.8. The van der Waals surface area contributed by atoms with Gasteiger partial charge in [-0.2, -0.15) is 0 Å². The summed E-state index contributed by atoms with van der Waals surface area (Å²) >= 11 is 0. The van der Waals surface area contributed by atoms with E-state index in [9.17, 15) is 30.6 Å². The monoisotopic (exact) mass is 426 g/mol. The zero-order valence-corrected chi connectivity index (χ0v) is 16.7. The molecule has 10 atom stereocenters. The number of aliphatic hydroxyl groups is 6. The summed E-state index contributed by atoms with van der Waals surface area (Å²) in [6, 6.07) is 0. The van der Waals surface area contributed by atoms with E-state index in [4.69, 9.17) is 23.7 Å². The molecule has 2 fully saturated rings. The molecule has 0 radical (unpaired) electrons. The fraction of sp³-hybridized carbons (Fsp3) is 1.00. The van der Waals surface area contributed by atoms with E-state index in [0.29, 0.717) is 0 Å². The molecule has 6 N–H and O–H groups in total. The van der Waals surface area contributed by atoms with Gasteiger partial charge >= 0.3 is 0 Å². The van der Waals surface area contributed by atoms with Crippen LogP contribution in [0.25, 0.3) is 0 Å². The maximum absolute atomic E-state index is 10.4. The summed E-state index contributed by atoms with van der Waals surface area (Å²) < 4.78 is 26.8. The Morgan fingerprint density at radius 1 is 0.586 bits per heavy atom. The predicted octanol–water partition coefficient (Wildman–Crippen LogP) is -3.51. The van der Waals surface area contributed by atoms with Crippen LogP contribution in [-0.2, 0) is 23.7 Å². The molecule has 2 aliphatic heterocycles. The van der Waals surface area contributed by atoms with Crippen molar-refractivity contribution in [3.63, 3.8) is 0 Å². The summed E-state index contributed by atoms with van der Waals surface area (Å²) in [7, 11) is 2.88. The van der Waals surface area contributed by atoms with Gasteiger partial charge in [0.1, 0.15) is 24.4 Å². The lowest BCUT2D eigenvalue weighted by Crippen LogP contribution is -2.59. The zero-order valence-electron chi connectivity index (χ0n) is 16.7. The smallest absolute Gasteiger partial charge is 0.110 e. The summed E-state index contributed by atoms with van der Waals surface area (Å²) in [5, 5.41) is 60.3. The van der Waals surface area contributed by atoms with Gasteiger partial charge in [-0.15, -0.1) is 0 Å². The second-order valence-electron chi connectivity index (χ2n) is 7.53. The molecule has 0 bridgehead atoms. The van der Waals surface area contributed by atoms with Crippen LogP contribution in [0.5, 0.6) is 0 Å². The fourth-order valence-electron chi connectivity index (χ4n) is 3.92. The molecule has 2 aliphatic rings. The van der Waals surface area contributed by atoms with E-state index in [1.807, 2.05) is 0 Å². The van der Waals surface area contributed by atoms with Gasteiger partial charge in [0.05, 0.1) is 64.1 Å². The van der Waals surface area contributed by atoms with E-state index >= 15 is 0 Å².